The number of carboxylic acids is 1. The number of alkyl halides is 2. The van der Waals surface area contributed by atoms with Gasteiger partial charge in [-0.25, -0.2) is 0 Å². The van der Waals surface area contributed by atoms with E-state index >= 15 is 0 Å². The van der Waals surface area contributed by atoms with Crippen molar-refractivity contribution in [2.24, 2.45) is 5.92 Å². The number of hydrogen-bond donors (Lipinski definition) is 1. The van der Waals surface area contributed by atoms with Crippen LogP contribution in [0.25, 0.3) is 0 Å². The third kappa shape index (κ3) is 4.77. The van der Waals surface area contributed by atoms with Crippen LogP contribution in [0.3, 0.4) is 0 Å². The van der Waals surface area contributed by atoms with Crippen molar-refractivity contribution in [3.63, 3.8) is 0 Å². The molecule has 1 aromatic carbocycles. The Morgan fingerprint density at radius 3 is 2.60 bits per heavy atom. The lowest BCUT2D eigenvalue weighted by atomic mass is 10.1. The van der Waals surface area contributed by atoms with E-state index in [0.717, 1.165) is 5.56 Å². The average Bonchev–Trinajstić information content (AvgIpc) is 2.37. The third-order valence-electron chi connectivity index (χ3n) is 3.21. The van der Waals surface area contributed by atoms with Gasteiger partial charge in [-0.2, -0.15) is 8.78 Å². The van der Waals surface area contributed by atoms with Gasteiger partial charge in [-0.1, -0.05) is 19.1 Å². The van der Waals surface area contributed by atoms with E-state index in [1.54, 1.807) is 32.2 Å². The summed E-state index contributed by atoms with van der Waals surface area (Å²) >= 11 is 0. The number of aliphatic carboxylic acids is 1. The molecule has 0 aliphatic heterocycles. The summed E-state index contributed by atoms with van der Waals surface area (Å²) in [6, 6.07) is 6.34. The van der Waals surface area contributed by atoms with Gasteiger partial charge in [-0.15, -0.1) is 0 Å². The van der Waals surface area contributed by atoms with Crippen LogP contribution in [0, 0.1) is 5.92 Å². The Bertz CT molecular complexity index is 454. The molecule has 0 amide bonds. The number of hydrogen-bond acceptors (Lipinski definition) is 3. The molecule has 0 bridgehead atoms. The summed E-state index contributed by atoms with van der Waals surface area (Å²) in [5.41, 5.74) is 0.795. The summed E-state index contributed by atoms with van der Waals surface area (Å²) in [4.78, 5) is 12.7. The molecule has 112 valence electrons. The molecule has 0 fully saturated rings. The first-order valence-electron chi connectivity index (χ1n) is 6.29. The monoisotopic (exact) mass is 287 g/mol. The summed E-state index contributed by atoms with van der Waals surface area (Å²) in [6.07, 6.45) is 0. The van der Waals surface area contributed by atoms with Crippen molar-refractivity contribution in [1.82, 2.24) is 4.90 Å². The minimum Gasteiger partial charge on any atom is -0.481 e. The van der Waals surface area contributed by atoms with E-state index in [0.29, 0.717) is 6.54 Å². The summed E-state index contributed by atoms with van der Waals surface area (Å²) in [7, 11) is 1.80. The molecule has 20 heavy (non-hydrogen) atoms. The molecule has 1 rings (SSSR count). The van der Waals surface area contributed by atoms with E-state index in [1.165, 1.54) is 6.07 Å². The molecule has 0 saturated heterocycles. The van der Waals surface area contributed by atoms with E-state index in [9.17, 15) is 13.6 Å². The van der Waals surface area contributed by atoms with Crippen molar-refractivity contribution >= 4 is 5.97 Å². The number of benzene rings is 1. The first kappa shape index (κ1) is 16.4. The topological polar surface area (TPSA) is 49.8 Å². The van der Waals surface area contributed by atoms with Crippen molar-refractivity contribution in [2.45, 2.75) is 26.5 Å². The summed E-state index contributed by atoms with van der Waals surface area (Å²) < 4.78 is 28.7. The smallest absolute Gasteiger partial charge is 0.387 e. The van der Waals surface area contributed by atoms with Crippen LogP contribution < -0.4 is 4.74 Å². The van der Waals surface area contributed by atoms with Crippen LogP contribution in [-0.2, 0) is 4.79 Å². The molecule has 0 aliphatic carbocycles. The van der Waals surface area contributed by atoms with Gasteiger partial charge in [-0.3, -0.25) is 9.69 Å². The Morgan fingerprint density at radius 1 is 1.40 bits per heavy atom. The second-order valence-electron chi connectivity index (χ2n) is 4.81. The largest absolute Gasteiger partial charge is 0.481 e. The average molecular weight is 287 g/mol. The first-order chi connectivity index (χ1) is 9.31. The second-order valence-corrected chi connectivity index (χ2v) is 4.81. The molecule has 1 N–H and O–H groups in total. The Kier molecular flexibility index (Phi) is 5.88. The maximum Gasteiger partial charge on any atom is 0.387 e. The molecular formula is C14H19F2NO3. The van der Waals surface area contributed by atoms with Gasteiger partial charge in [0.1, 0.15) is 5.75 Å². The molecule has 6 heteroatoms. The number of ether oxygens (including phenoxy) is 1. The highest BCUT2D eigenvalue weighted by atomic mass is 19.3. The maximum absolute atomic E-state index is 12.2. The van der Waals surface area contributed by atoms with E-state index in [2.05, 4.69) is 4.74 Å². The fraction of sp³-hybridized carbons (Fsp3) is 0.500. The molecule has 1 aromatic rings. The Morgan fingerprint density at radius 2 is 2.05 bits per heavy atom. The van der Waals surface area contributed by atoms with E-state index in [4.69, 9.17) is 5.11 Å². The van der Waals surface area contributed by atoms with E-state index < -0.39 is 18.5 Å². The normalized spacial score (nSPS) is 14.3. The van der Waals surface area contributed by atoms with Crippen molar-refractivity contribution in [2.75, 3.05) is 13.6 Å². The highest BCUT2D eigenvalue weighted by Gasteiger charge is 2.19. The van der Waals surface area contributed by atoms with Crippen LogP contribution in [0.5, 0.6) is 5.75 Å². The minimum absolute atomic E-state index is 0.0991. The molecule has 0 radical (unpaired) electrons. The fourth-order valence-corrected chi connectivity index (χ4v) is 1.87. The Balaban J connectivity index is 2.75. The lowest BCUT2D eigenvalue weighted by Gasteiger charge is -2.26. The van der Waals surface area contributed by atoms with E-state index in [1.807, 2.05) is 11.8 Å². The predicted octanol–water partition coefficient (Wildman–Crippen LogP) is 3.00. The second kappa shape index (κ2) is 7.19. The minimum atomic E-state index is -2.86. The van der Waals surface area contributed by atoms with Crippen LogP contribution in [-0.4, -0.2) is 36.2 Å². The molecule has 0 heterocycles. The molecule has 0 aliphatic rings. The lowest BCUT2D eigenvalue weighted by Crippen LogP contribution is -2.30. The van der Waals surface area contributed by atoms with Crippen molar-refractivity contribution in [3.8, 4) is 5.75 Å². The zero-order chi connectivity index (χ0) is 15.3. The van der Waals surface area contributed by atoms with Gasteiger partial charge in [0.15, 0.2) is 0 Å². The maximum atomic E-state index is 12.2. The predicted molar refractivity (Wildman–Crippen MR) is 70.9 cm³/mol. The number of carbonyl (C=O) groups is 1. The molecule has 2 unspecified atom stereocenters. The van der Waals surface area contributed by atoms with Crippen molar-refractivity contribution < 1.29 is 23.4 Å². The number of halogens is 2. The molecule has 4 nitrogen and oxygen atoms in total. The van der Waals surface area contributed by atoms with Crippen molar-refractivity contribution in [1.29, 1.82) is 0 Å². The van der Waals surface area contributed by atoms with Crippen molar-refractivity contribution in [3.05, 3.63) is 29.8 Å². The zero-order valence-electron chi connectivity index (χ0n) is 11.7. The highest BCUT2D eigenvalue weighted by molar-refractivity contribution is 5.69. The van der Waals surface area contributed by atoms with E-state index in [-0.39, 0.29) is 11.8 Å². The molecule has 2 atom stereocenters. The van der Waals surface area contributed by atoms with Crippen LogP contribution >= 0.6 is 0 Å². The molecule has 0 saturated carbocycles. The molecular weight excluding hydrogens is 268 g/mol. The Hall–Kier alpha value is -1.69. The van der Waals surface area contributed by atoms with Gasteiger partial charge in [0.2, 0.25) is 0 Å². The van der Waals surface area contributed by atoms with Crippen LogP contribution in [0.4, 0.5) is 8.78 Å². The van der Waals surface area contributed by atoms with Gasteiger partial charge in [0.25, 0.3) is 0 Å². The SMILES string of the molecule is CC(CN(C)C(C)c1cccc(OC(F)F)c1)C(=O)O. The fourth-order valence-electron chi connectivity index (χ4n) is 1.87. The number of nitrogens with zero attached hydrogens (tertiary/aromatic N) is 1. The lowest BCUT2D eigenvalue weighted by molar-refractivity contribution is -0.141. The van der Waals surface area contributed by atoms with Crippen LogP contribution in [0.2, 0.25) is 0 Å². The quantitative estimate of drug-likeness (QED) is 0.837. The third-order valence-corrected chi connectivity index (χ3v) is 3.21. The zero-order valence-corrected chi connectivity index (χ0v) is 11.7. The number of carboxylic acid groups (broad SMARTS) is 1. The standard InChI is InChI=1S/C14H19F2NO3/c1-9(13(18)19)8-17(3)10(2)11-5-4-6-12(7-11)20-14(15)16/h4-7,9-10,14H,8H2,1-3H3,(H,18,19). The molecule has 0 spiro atoms. The molecule has 0 aromatic heterocycles. The highest BCUT2D eigenvalue weighted by Crippen LogP contribution is 2.24. The summed E-state index contributed by atoms with van der Waals surface area (Å²) in [5, 5.41) is 8.90. The van der Waals surface area contributed by atoms with Gasteiger partial charge < -0.3 is 9.84 Å². The van der Waals surface area contributed by atoms with Gasteiger partial charge >= 0.3 is 12.6 Å². The Labute approximate surface area is 117 Å². The van der Waals surface area contributed by atoms with Gasteiger partial charge in [0.05, 0.1) is 5.92 Å². The van der Waals surface area contributed by atoms with Gasteiger partial charge in [-0.05, 0) is 31.7 Å². The summed E-state index contributed by atoms with van der Waals surface area (Å²) in [6.45, 7) is 1.03. The van der Waals surface area contributed by atoms with Crippen LogP contribution in [0.1, 0.15) is 25.5 Å². The summed E-state index contributed by atoms with van der Waals surface area (Å²) in [5.74, 6) is -1.26. The first-order valence-corrected chi connectivity index (χ1v) is 6.29. The van der Waals surface area contributed by atoms with Crippen LogP contribution in [0.15, 0.2) is 24.3 Å². The number of rotatable bonds is 7. The van der Waals surface area contributed by atoms with Gasteiger partial charge in [0, 0.05) is 12.6 Å².